The number of nitro groups is 1. The fraction of sp³-hybridized carbons (Fsp3) is 0.667. The largest absolute Gasteiger partial charge is 0.395 e. The number of aliphatic hydroxyl groups is 1. The Morgan fingerprint density at radius 1 is 1.62 bits per heavy atom. The van der Waals surface area contributed by atoms with E-state index < -0.39 is 4.92 Å². The zero-order valence-electron chi connectivity index (χ0n) is 9.13. The first-order chi connectivity index (χ1) is 7.69. The van der Waals surface area contributed by atoms with Crippen molar-refractivity contribution in [2.45, 2.75) is 19.8 Å². The maximum Gasteiger partial charge on any atom is 0.345 e. The molecule has 1 heterocycles. The Hall–Kier alpha value is -1.21. The molecule has 0 aliphatic carbocycles. The quantitative estimate of drug-likeness (QED) is 0.583. The van der Waals surface area contributed by atoms with Crippen molar-refractivity contribution in [1.82, 2.24) is 4.98 Å². The Kier molecular flexibility index (Phi) is 5.13. The number of anilines is 1. The Labute approximate surface area is 97.7 Å². The number of hydrogen-bond donors (Lipinski definition) is 1. The van der Waals surface area contributed by atoms with Crippen molar-refractivity contribution in [2.75, 3.05) is 24.6 Å². The normalized spacial score (nSPS) is 10.4. The van der Waals surface area contributed by atoms with Crippen molar-refractivity contribution in [3.05, 3.63) is 16.3 Å². The van der Waals surface area contributed by atoms with Crippen LogP contribution in [-0.4, -0.2) is 34.7 Å². The van der Waals surface area contributed by atoms with E-state index in [1.165, 1.54) is 6.20 Å². The van der Waals surface area contributed by atoms with E-state index in [1.54, 1.807) is 0 Å². The lowest BCUT2D eigenvalue weighted by molar-refractivity contribution is -0.380. The molecule has 1 N–H and O–H groups in total. The number of unbranched alkanes of at least 4 members (excludes halogenated alkanes) is 1. The van der Waals surface area contributed by atoms with E-state index in [2.05, 4.69) is 11.9 Å². The average molecular weight is 245 g/mol. The molecule has 6 nitrogen and oxygen atoms in total. The van der Waals surface area contributed by atoms with Crippen LogP contribution in [-0.2, 0) is 0 Å². The van der Waals surface area contributed by atoms with Gasteiger partial charge in [-0.25, -0.2) is 4.98 Å². The average Bonchev–Trinajstić information content (AvgIpc) is 2.73. The molecule has 0 radical (unpaired) electrons. The second kappa shape index (κ2) is 6.39. The van der Waals surface area contributed by atoms with Crippen molar-refractivity contribution < 1.29 is 10.0 Å². The van der Waals surface area contributed by atoms with Gasteiger partial charge in [-0.15, -0.1) is 0 Å². The number of hydrogen-bond acceptors (Lipinski definition) is 6. The van der Waals surface area contributed by atoms with Crippen LogP contribution in [0.4, 0.5) is 10.1 Å². The zero-order chi connectivity index (χ0) is 12.0. The third-order valence-corrected chi connectivity index (χ3v) is 3.09. The molecule has 0 fully saturated rings. The van der Waals surface area contributed by atoms with Crippen LogP contribution in [0.15, 0.2) is 6.20 Å². The van der Waals surface area contributed by atoms with E-state index in [4.69, 9.17) is 5.11 Å². The summed E-state index contributed by atoms with van der Waals surface area (Å²) in [6, 6.07) is 0. The van der Waals surface area contributed by atoms with E-state index in [1.807, 2.05) is 4.90 Å². The summed E-state index contributed by atoms with van der Waals surface area (Å²) < 4.78 is 0. The van der Waals surface area contributed by atoms with Crippen LogP contribution >= 0.6 is 11.3 Å². The molecule has 0 atom stereocenters. The highest BCUT2D eigenvalue weighted by atomic mass is 32.1. The molecule has 0 aliphatic rings. The summed E-state index contributed by atoms with van der Waals surface area (Å²) in [5.41, 5.74) is 0. The lowest BCUT2D eigenvalue weighted by atomic mass is 10.3. The molecular weight excluding hydrogens is 230 g/mol. The van der Waals surface area contributed by atoms with Gasteiger partial charge in [0.05, 0.1) is 11.5 Å². The fourth-order valence-electron chi connectivity index (χ4n) is 1.26. The summed E-state index contributed by atoms with van der Waals surface area (Å²) in [4.78, 5) is 15.9. The monoisotopic (exact) mass is 245 g/mol. The van der Waals surface area contributed by atoms with Crippen LogP contribution in [0.2, 0.25) is 0 Å². The van der Waals surface area contributed by atoms with Gasteiger partial charge in [-0.05, 0) is 17.8 Å². The smallest absolute Gasteiger partial charge is 0.345 e. The van der Waals surface area contributed by atoms with E-state index >= 15 is 0 Å². The van der Waals surface area contributed by atoms with Crippen molar-refractivity contribution in [2.24, 2.45) is 0 Å². The first kappa shape index (κ1) is 12.9. The first-order valence-corrected chi connectivity index (χ1v) is 5.96. The Balaban J connectivity index is 2.71. The third-order valence-electron chi connectivity index (χ3n) is 2.08. The number of aromatic nitrogens is 1. The lowest BCUT2D eigenvalue weighted by Gasteiger charge is -2.19. The van der Waals surface area contributed by atoms with Gasteiger partial charge in [0.1, 0.15) is 6.20 Å². The molecule has 0 aromatic carbocycles. The molecule has 1 aromatic heterocycles. The minimum absolute atomic E-state index is 0.0249. The van der Waals surface area contributed by atoms with Gasteiger partial charge < -0.3 is 10.0 Å². The molecule has 0 saturated carbocycles. The highest BCUT2D eigenvalue weighted by Gasteiger charge is 2.15. The van der Waals surface area contributed by atoms with Crippen molar-refractivity contribution >= 4 is 21.5 Å². The van der Waals surface area contributed by atoms with Crippen LogP contribution in [0.3, 0.4) is 0 Å². The molecule has 0 spiro atoms. The fourth-order valence-corrected chi connectivity index (χ4v) is 2.04. The topological polar surface area (TPSA) is 79.5 Å². The van der Waals surface area contributed by atoms with Crippen LogP contribution in [0.25, 0.3) is 0 Å². The van der Waals surface area contributed by atoms with Gasteiger partial charge in [-0.2, -0.15) is 0 Å². The SMILES string of the molecule is CCCCN(CCO)c1ncc([N+](=O)[O-])s1. The van der Waals surface area contributed by atoms with Gasteiger partial charge in [0.15, 0.2) is 5.13 Å². The third kappa shape index (κ3) is 3.42. The minimum Gasteiger partial charge on any atom is -0.395 e. The van der Waals surface area contributed by atoms with Crippen LogP contribution in [0.5, 0.6) is 0 Å². The van der Waals surface area contributed by atoms with E-state index in [0.29, 0.717) is 11.7 Å². The molecule has 90 valence electrons. The number of thiazole rings is 1. The summed E-state index contributed by atoms with van der Waals surface area (Å²) in [5, 5.41) is 20.1. The van der Waals surface area contributed by atoms with Crippen LogP contribution in [0.1, 0.15) is 19.8 Å². The maximum atomic E-state index is 10.5. The summed E-state index contributed by atoms with van der Waals surface area (Å²) in [6.07, 6.45) is 3.28. The molecular formula is C9H15N3O3S. The Morgan fingerprint density at radius 3 is 2.88 bits per heavy atom. The van der Waals surface area contributed by atoms with Gasteiger partial charge in [-0.3, -0.25) is 10.1 Å². The summed E-state index contributed by atoms with van der Waals surface area (Å²) in [6.45, 7) is 3.32. The molecule has 0 bridgehead atoms. The molecule has 1 aromatic rings. The number of rotatable bonds is 7. The lowest BCUT2D eigenvalue weighted by Crippen LogP contribution is -2.27. The molecule has 16 heavy (non-hydrogen) atoms. The Morgan fingerprint density at radius 2 is 2.38 bits per heavy atom. The molecule has 1 rings (SSSR count). The van der Waals surface area contributed by atoms with E-state index in [0.717, 1.165) is 30.7 Å². The predicted molar refractivity (Wildman–Crippen MR) is 63.0 cm³/mol. The molecule has 0 saturated heterocycles. The second-order valence-electron chi connectivity index (χ2n) is 3.30. The summed E-state index contributed by atoms with van der Waals surface area (Å²) in [5.74, 6) is 0. The molecule has 0 unspecified atom stereocenters. The van der Waals surface area contributed by atoms with E-state index in [-0.39, 0.29) is 11.6 Å². The number of aliphatic hydroxyl groups excluding tert-OH is 1. The molecule has 7 heteroatoms. The van der Waals surface area contributed by atoms with E-state index in [9.17, 15) is 10.1 Å². The first-order valence-electron chi connectivity index (χ1n) is 5.15. The van der Waals surface area contributed by atoms with Gasteiger partial charge in [0.2, 0.25) is 0 Å². The highest BCUT2D eigenvalue weighted by molar-refractivity contribution is 7.18. The van der Waals surface area contributed by atoms with Crippen molar-refractivity contribution in [3.63, 3.8) is 0 Å². The van der Waals surface area contributed by atoms with Crippen molar-refractivity contribution in [1.29, 1.82) is 0 Å². The predicted octanol–water partition coefficient (Wildman–Crippen LogP) is 1.65. The van der Waals surface area contributed by atoms with Gasteiger partial charge >= 0.3 is 5.00 Å². The van der Waals surface area contributed by atoms with Crippen LogP contribution < -0.4 is 4.90 Å². The second-order valence-corrected chi connectivity index (χ2v) is 4.29. The molecule has 0 aliphatic heterocycles. The standard InChI is InChI=1S/C9H15N3O3S/c1-2-3-4-11(5-6-13)9-10-7-8(16-9)12(14)15/h7,13H,2-6H2,1H3. The highest BCUT2D eigenvalue weighted by Crippen LogP contribution is 2.28. The Bertz CT molecular complexity index is 342. The van der Waals surface area contributed by atoms with Crippen molar-refractivity contribution in [3.8, 4) is 0 Å². The number of nitrogens with zero attached hydrogens (tertiary/aromatic N) is 3. The van der Waals surface area contributed by atoms with Gasteiger partial charge in [0, 0.05) is 13.1 Å². The zero-order valence-corrected chi connectivity index (χ0v) is 9.94. The summed E-state index contributed by atoms with van der Waals surface area (Å²) in [7, 11) is 0. The minimum atomic E-state index is -0.446. The molecule has 0 amide bonds. The van der Waals surface area contributed by atoms with Gasteiger partial charge in [0.25, 0.3) is 0 Å². The summed E-state index contributed by atoms with van der Waals surface area (Å²) >= 11 is 1.04. The van der Waals surface area contributed by atoms with Gasteiger partial charge in [-0.1, -0.05) is 13.3 Å². The maximum absolute atomic E-state index is 10.5. The van der Waals surface area contributed by atoms with Crippen LogP contribution in [0, 0.1) is 10.1 Å².